The molecule has 1 heterocycles. The van der Waals surface area contributed by atoms with Gasteiger partial charge in [0.25, 0.3) is 5.95 Å². The number of amides is 1. The molecule has 1 saturated heterocycles. The maximum absolute atomic E-state index is 12.8. The van der Waals surface area contributed by atoms with Crippen LogP contribution in [-0.2, 0) is 25.5 Å². The first kappa shape index (κ1) is 32.5. The third-order valence-electron chi connectivity index (χ3n) is 6.44. The monoisotopic (exact) mass is 592 g/mol. The molecule has 0 bridgehead atoms. The number of hydrogen-bond acceptors (Lipinski definition) is 8. The minimum absolute atomic E-state index is 0.0751. The lowest BCUT2D eigenvalue weighted by molar-refractivity contribution is -0.200. The van der Waals surface area contributed by atoms with Crippen molar-refractivity contribution in [3.8, 4) is 11.5 Å². The van der Waals surface area contributed by atoms with Gasteiger partial charge in [0.1, 0.15) is 17.6 Å². The van der Waals surface area contributed by atoms with Crippen molar-refractivity contribution in [2.45, 2.75) is 44.0 Å². The normalized spacial score (nSPS) is 14.9. The van der Waals surface area contributed by atoms with Crippen molar-refractivity contribution in [2.75, 3.05) is 32.8 Å². The van der Waals surface area contributed by atoms with Crippen LogP contribution in [0.3, 0.4) is 0 Å². The van der Waals surface area contributed by atoms with Gasteiger partial charge in [-0.2, -0.15) is 13.2 Å². The molecule has 1 aliphatic rings. The Labute approximate surface area is 242 Å². The van der Waals surface area contributed by atoms with Crippen LogP contribution in [0.5, 0.6) is 11.5 Å². The molecule has 1 amide bonds. The molecule has 2 aromatic rings. The summed E-state index contributed by atoms with van der Waals surface area (Å²) in [5.41, 5.74) is 1.35. The highest BCUT2D eigenvalue weighted by atomic mass is 19.4. The summed E-state index contributed by atoms with van der Waals surface area (Å²) in [5, 5.41) is 14.1. The first-order chi connectivity index (χ1) is 20.0. The Morgan fingerprint density at radius 1 is 1.02 bits per heavy atom. The minimum Gasteiger partial charge on any atom is -0.493 e. The molecule has 0 aliphatic carbocycles. The van der Waals surface area contributed by atoms with E-state index in [1.54, 1.807) is 48.5 Å². The van der Waals surface area contributed by atoms with E-state index in [-0.39, 0.29) is 32.0 Å². The second kappa shape index (κ2) is 15.8. The number of aliphatic hydroxyl groups is 1. The average Bonchev–Trinajstić information content (AvgIpc) is 3.46. The van der Waals surface area contributed by atoms with Crippen molar-refractivity contribution in [3.63, 3.8) is 0 Å². The predicted octanol–water partition coefficient (Wildman–Crippen LogP) is 4.43. The Morgan fingerprint density at radius 3 is 2.29 bits per heavy atom. The van der Waals surface area contributed by atoms with Gasteiger partial charge >= 0.3 is 12.1 Å². The molecule has 0 radical (unpaired) electrons. The third kappa shape index (κ3) is 10.7. The van der Waals surface area contributed by atoms with Gasteiger partial charge in [-0.1, -0.05) is 30.8 Å². The molecule has 228 valence electrons. The van der Waals surface area contributed by atoms with E-state index in [4.69, 9.17) is 14.2 Å². The maximum Gasteiger partial charge on any atom is 0.491 e. The number of rotatable bonds is 16. The number of esters is 1. The van der Waals surface area contributed by atoms with Crippen LogP contribution in [0.25, 0.3) is 0 Å². The van der Waals surface area contributed by atoms with Crippen LogP contribution >= 0.6 is 0 Å². The van der Waals surface area contributed by atoms with E-state index in [2.05, 4.69) is 28.1 Å². The number of hydrogen-bond donors (Lipinski definition) is 2. The maximum atomic E-state index is 12.8. The number of halogens is 3. The smallest absolute Gasteiger partial charge is 0.491 e. The molecule has 9 nitrogen and oxygen atoms in total. The van der Waals surface area contributed by atoms with Crippen LogP contribution in [0.15, 0.2) is 73.9 Å². The highest BCUT2D eigenvalue weighted by molar-refractivity contribution is 5.76. The zero-order valence-corrected chi connectivity index (χ0v) is 23.1. The number of carbonyl (C=O) groups is 2. The molecule has 2 atom stereocenters. The molecule has 12 heteroatoms. The molecule has 0 saturated carbocycles. The quantitative estimate of drug-likeness (QED) is 0.218. The third-order valence-corrected chi connectivity index (χ3v) is 6.44. The van der Waals surface area contributed by atoms with Gasteiger partial charge in [0.05, 0.1) is 31.9 Å². The second-order valence-corrected chi connectivity index (χ2v) is 9.58. The van der Waals surface area contributed by atoms with Gasteiger partial charge in [0.15, 0.2) is 0 Å². The summed E-state index contributed by atoms with van der Waals surface area (Å²) < 4.78 is 56.6. The Kier molecular flexibility index (Phi) is 12.2. The zero-order valence-electron chi connectivity index (χ0n) is 23.1. The fourth-order valence-corrected chi connectivity index (χ4v) is 4.31. The highest BCUT2D eigenvalue weighted by Gasteiger charge is 2.41. The zero-order chi connectivity index (χ0) is 30.5. The van der Waals surface area contributed by atoms with Crippen LogP contribution in [0.1, 0.15) is 36.5 Å². The Bertz CT molecular complexity index is 1180. The van der Waals surface area contributed by atoms with Gasteiger partial charge in [-0.3, -0.25) is 4.79 Å². The van der Waals surface area contributed by atoms with Crippen molar-refractivity contribution in [1.29, 1.82) is 0 Å². The van der Waals surface area contributed by atoms with Gasteiger partial charge in [0, 0.05) is 13.0 Å². The fraction of sp³-hybridized carbons (Fsp3) is 0.400. The summed E-state index contributed by atoms with van der Waals surface area (Å²) >= 11 is 0. The largest absolute Gasteiger partial charge is 0.493 e. The van der Waals surface area contributed by atoms with Crippen molar-refractivity contribution >= 4 is 11.9 Å². The molecule has 0 spiro atoms. The van der Waals surface area contributed by atoms with Gasteiger partial charge in [-0.25, -0.2) is 4.79 Å². The first-order valence-corrected chi connectivity index (χ1v) is 13.4. The van der Waals surface area contributed by atoms with Crippen LogP contribution in [0.4, 0.5) is 13.2 Å². The molecule has 2 aromatic carbocycles. The molecule has 0 aromatic heterocycles. The summed E-state index contributed by atoms with van der Waals surface area (Å²) in [5.74, 6) is -2.20. The number of carbonyl (C=O) groups excluding carboxylic acids is 2. The van der Waals surface area contributed by atoms with Gasteiger partial charge in [-0.05, 0) is 67.9 Å². The summed E-state index contributed by atoms with van der Waals surface area (Å²) in [6.45, 7) is 8.98. The molecule has 1 fully saturated rings. The molecular weight excluding hydrogens is 557 g/mol. The highest BCUT2D eigenvalue weighted by Crippen LogP contribution is 2.22. The lowest BCUT2D eigenvalue weighted by Crippen LogP contribution is -2.47. The van der Waals surface area contributed by atoms with E-state index in [0.717, 1.165) is 31.5 Å². The molecule has 2 N–H and O–H groups in total. The first-order valence-electron chi connectivity index (χ1n) is 13.4. The second-order valence-electron chi connectivity index (χ2n) is 9.58. The SMILES string of the molecule is C=COc1ccc(OCCC(=O)N[C@H](CN2CCCC2)[C@H](O)c2ccc(CCOC(=C)OC(=O)C(F)(F)F)cc2)cc1. The fourth-order valence-electron chi connectivity index (χ4n) is 4.31. The molecule has 1 aliphatic heterocycles. The van der Waals surface area contributed by atoms with Crippen molar-refractivity contribution in [1.82, 2.24) is 10.2 Å². The van der Waals surface area contributed by atoms with Crippen molar-refractivity contribution in [3.05, 3.63) is 85.0 Å². The lowest BCUT2D eigenvalue weighted by Gasteiger charge is -2.29. The number of aliphatic hydroxyl groups excluding tert-OH is 1. The summed E-state index contributed by atoms with van der Waals surface area (Å²) in [4.78, 5) is 25.8. The summed E-state index contributed by atoms with van der Waals surface area (Å²) in [7, 11) is 0. The molecular formula is C30H35F3N2O7. The molecule has 3 rings (SSSR count). The van der Waals surface area contributed by atoms with E-state index in [1.807, 2.05) is 0 Å². The minimum atomic E-state index is -5.14. The number of ether oxygens (including phenoxy) is 4. The van der Waals surface area contributed by atoms with E-state index < -0.39 is 30.2 Å². The van der Waals surface area contributed by atoms with Crippen molar-refractivity contribution in [2.24, 2.45) is 0 Å². The van der Waals surface area contributed by atoms with Crippen LogP contribution in [0.2, 0.25) is 0 Å². The molecule has 0 unspecified atom stereocenters. The van der Waals surface area contributed by atoms with Crippen LogP contribution in [0, 0.1) is 0 Å². The predicted molar refractivity (Wildman–Crippen MR) is 147 cm³/mol. The number of alkyl halides is 3. The van der Waals surface area contributed by atoms with Gasteiger partial charge < -0.3 is 34.3 Å². The van der Waals surface area contributed by atoms with Gasteiger partial charge in [-0.15, -0.1) is 0 Å². The Hall–Kier alpha value is -4.03. The Balaban J connectivity index is 1.51. The van der Waals surface area contributed by atoms with E-state index in [0.29, 0.717) is 23.6 Å². The van der Waals surface area contributed by atoms with Crippen LogP contribution < -0.4 is 14.8 Å². The number of benzene rings is 2. The number of nitrogens with one attached hydrogen (secondary N) is 1. The standard InChI is InChI=1S/C30H35F3N2O7/c1-3-39-24-10-12-25(13-11-24)41-19-15-27(36)34-26(20-35-16-4-5-17-35)28(37)23-8-6-22(7-9-23)14-18-40-21(2)42-29(38)30(31,32)33/h3,6-13,26,28,37H,1-2,4-5,14-20H2,(H,34,36)/t26-,28-/m1/s1. The summed E-state index contributed by atoms with van der Waals surface area (Å²) in [6.07, 6.45) is -2.31. The topological polar surface area (TPSA) is 107 Å². The summed E-state index contributed by atoms with van der Waals surface area (Å²) in [6, 6.07) is 13.2. The number of nitrogens with zero attached hydrogens (tertiary/aromatic N) is 1. The lowest BCUT2D eigenvalue weighted by atomic mass is 9.99. The number of likely N-dealkylation sites (tertiary alicyclic amines) is 1. The average molecular weight is 593 g/mol. The van der Waals surface area contributed by atoms with Crippen molar-refractivity contribution < 1.29 is 46.8 Å². The van der Waals surface area contributed by atoms with Crippen LogP contribution in [-0.4, -0.2) is 66.9 Å². The Morgan fingerprint density at radius 2 is 1.67 bits per heavy atom. The van der Waals surface area contributed by atoms with E-state index >= 15 is 0 Å². The van der Waals surface area contributed by atoms with Gasteiger partial charge in [0.2, 0.25) is 5.91 Å². The molecule has 42 heavy (non-hydrogen) atoms. The van der Waals surface area contributed by atoms with E-state index in [1.165, 1.54) is 6.26 Å². The van der Waals surface area contributed by atoms with E-state index in [9.17, 15) is 27.9 Å².